The average Bonchev–Trinajstić information content (AvgIpc) is 2.42. The van der Waals surface area contributed by atoms with Gasteiger partial charge in [0.1, 0.15) is 6.07 Å². The highest BCUT2D eigenvalue weighted by Crippen LogP contribution is 2.26. The highest BCUT2D eigenvalue weighted by molar-refractivity contribution is 7.99. The summed E-state index contributed by atoms with van der Waals surface area (Å²) in [5.74, 6) is 1.77. The molecule has 0 aliphatic rings. The lowest BCUT2D eigenvalue weighted by Crippen LogP contribution is -2.21. The Kier molecular flexibility index (Phi) is 6.97. The predicted octanol–water partition coefficient (Wildman–Crippen LogP) is 4.19. The van der Waals surface area contributed by atoms with E-state index in [1.165, 1.54) is 12.0 Å². The molecule has 1 N–H and O–H groups in total. The lowest BCUT2D eigenvalue weighted by molar-refractivity contribution is 0.588. The number of hydrogen-bond donors (Lipinski definition) is 1. The molecule has 0 heterocycles. The summed E-state index contributed by atoms with van der Waals surface area (Å²) in [6.45, 7) is 9.53. The summed E-state index contributed by atoms with van der Waals surface area (Å²) in [4.78, 5) is 1.11. The first-order chi connectivity index (χ1) is 9.06. The van der Waals surface area contributed by atoms with E-state index in [-0.39, 0.29) is 0 Å². The predicted molar refractivity (Wildman–Crippen MR) is 83.3 cm³/mol. The minimum absolute atomic E-state index is 0.463. The summed E-state index contributed by atoms with van der Waals surface area (Å²) < 4.78 is 0. The number of rotatable bonds is 7. The van der Waals surface area contributed by atoms with Gasteiger partial charge in [-0.05, 0) is 23.6 Å². The fourth-order valence-corrected chi connectivity index (χ4v) is 2.70. The molecular weight excluding hydrogens is 252 g/mol. The van der Waals surface area contributed by atoms with E-state index in [1.807, 2.05) is 6.07 Å². The number of nitriles is 1. The Balaban J connectivity index is 2.71. The van der Waals surface area contributed by atoms with E-state index in [0.717, 1.165) is 22.8 Å². The molecule has 104 valence electrons. The lowest BCUT2D eigenvalue weighted by Gasteiger charge is -2.11. The van der Waals surface area contributed by atoms with Gasteiger partial charge in [-0.3, -0.25) is 0 Å². The summed E-state index contributed by atoms with van der Waals surface area (Å²) in [6, 6.07) is 8.99. The lowest BCUT2D eigenvalue weighted by atomic mass is 10.1. The Morgan fingerprint density at radius 3 is 2.63 bits per heavy atom. The van der Waals surface area contributed by atoms with Gasteiger partial charge < -0.3 is 5.32 Å². The summed E-state index contributed by atoms with van der Waals surface area (Å²) in [5.41, 5.74) is 1.98. The quantitative estimate of drug-likeness (QED) is 0.758. The summed E-state index contributed by atoms with van der Waals surface area (Å²) >= 11 is 1.79. The number of benzene rings is 1. The van der Waals surface area contributed by atoms with Gasteiger partial charge in [-0.15, -0.1) is 11.8 Å². The zero-order valence-electron chi connectivity index (χ0n) is 12.4. The van der Waals surface area contributed by atoms with Crippen LogP contribution in [0, 0.1) is 17.2 Å². The molecule has 1 aromatic carbocycles. The zero-order chi connectivity index (χ0) is 14.3. The molecule has 0 fully saturated rings. The maximum Gasteiger partial charge on any atom is 0.100 e. The normalized spacial score (nSPS) is 12.4. The van der Waals surface area contributed by atoms with Crippen LogP contribution in [0.3, 0.4) is 0 Å². The van der Waals surface area contributed by atoms with E-state index in [0.29, 0.717) is 12.0 Å². The summed E-state index contributed by atoms with van der Waals surface area (Å²) in [5, 5.41) is 12.6. The van der Waals surface area contributed by atoms with Crippen molar-refractivity contribution in [2.24, 2.45) is 5.92 Å². The Morgan fingerprint density at radius 1 is 1.32 bits per heavy atom. The largest absolute Gasteiger partial charge is 0.310 e. The first kappa shape index (κ1) is 16.1. The van der Waals surface area contributed by atoms with Crippen LogP contribution in [0.1, 0.15) is 45.2 Å². The maximum absolute atomic E-state index is 9.26. The molecule has 0 aromatic heterocycles. The summed E-state index contributed by atoms with van der Waals surface area (Å²) in [7, 11) is 0. The van der Waals surface area contributed by atoms with Gasteiger partial charge in [0.15, 0.2) is 0 Å². The van der Waals surface area contributed by atoms with Gasteiger partial charge in [0.05, 0.1) is 5.56 Å². The second-order valence-electron chi connectivity index (χ2n) is 5.30. The van der Waals surface area contributed by atoms with Crippen LogP contribution < -0.4 is 5.32 Å². The SMILES string of the molecule is CCC(C)CSc1ccc(CNC(C)C)cc1C#N. The van der Waals surface area contributed by atoms with E-state index < -0.39 is 0 Å². The Hall–Kier alpha value is -0.980. The molecule has 1 aromatic rings. The van der Waals surface area contributed by atoms with E-state index in [4.69, 9.17) is 0 Å². The van der Waals surface area contributed by atoms with Gasteiger partial charge in [-0.2, -0.15) is 5.26 Å². The first-order valence-electron chi connectivity index (χ1n) is 6.96. The molecule has 0 spiro atoms. The molecule has 0 radical (unpaired) electrons. The number of nitrogens with one attached hydrogen (secondary N) is 1. The van der Waals surface area contributed by atoms with Crippen LogP contribution in [0.2, 0.25) is 0 Å². The molecule has 2 nitrogen and oxygen atoms in total. The van der Waals surface area contributed by atoms with Gasteiger partial charge in [0.2, 0.25) is 0 Å². The van der Waals surface area contributed by atoms with Gasteiger partial charge >= 0.3 is 0 Å². The zero-order valence-corrected chi connectivity index (χ0v) is 13.2. The van der Waals surface area contributed by atoms with Crippen LogP contribution >= 0.6 is 11.8 Å². The van der Waals surface area contributed by atoms with Gasteiger partial charge in [-0.25, -0.2) is 0 Å². The third-order valence-corrected chi connectivity index (χ3v) is 4.50. The third kappa shape index (κ3) is 5.67. The van der Waals surface area contributed by atoms with Crippen LogP contribution in [0.4, 0.5) is 0 Å². The van der Waals surface area contributed by atoms with Crippen LogP contribution in [0.15, 0.2) is 23.1 Å². The molecule has 1 atom stereocenters. The molecule has 0 saturated heterocycles. The second kappa shape index (κ2) is 8.24. The molecule has 19 heavy (non-hydrogen) atoms. The third-order valence-electron chi connectivity index (χ3n) is 3.10. The average molecular weight is 276 g/mol. The smallest absolute Gasteiger partial charge is 0.100 e. The van der Waals surface area contributed by atoms with Crippen LogP contribution in [0.5, 0.6) is 0 Å². The highest BCUT2D eigenvalue weighted by atomic mass is 32.2. The van der Waals surface area contributed by atoms with Gasteiger partial charge in [-0.1, -0.05) is 40.2 Å². The molecule has 0 aliphatic carbocycles. The van der Waals surface area contributed by atoms with E-state index >= 15 is 0 Å². The maximum atomic E-state index is 9.26. The standard InChI is InChI=1S/C16H24N2S/c1-5-13(4)11-19-16-7-6-14(8-15(16)9-17)10-18-12(2)3/h6-8,12-13,18H,5,10-11H2,1-4H3. The Morgan fingerprint density at radius 2 is 2.05 bits per heavy atom. The topological polar surface area (TPSA) is 35.8 Å². The molecule has 0 bridgehead atoms. The monoisotopic (exact) mass is 276 g/mol. The van der Waals surface area contributed by atoms with Crippen molar-refractivity contribution in [1.29, 1.82) is 5.26 Å². The second-order valence-corrected chi connectivity index (χ2v) is 6.36. The molecule has 1 rings (SSSR count). The highest BCUT2D eigenvalue weighted by Gasteiger charge is 2.07. The van der Waals surface area contributed by atoms with Crippen molar-refractivity contribution in [2.75, 3.05) is 5.75 Å². The van der Waals surface area contributed by atoms with E-state index in [2.05, 4.69) is 51.2 Å². The van der Waals surface area contributed by atoms with E-state index in [9.17, 15) is 5.26 Å². The molecule has 1 unspecified atom stereocenters. The van der Waals surface area contributed by atoms with Crippen molar-refractivity contribution in [3.8, 4) is 6.07 Å². The fourth-order valence-electron chi connectivity index (χ4n) is 1.57. The van der Waals surface area contributed by atoms with Gasteiger partial charge in [0, 0.05) is 23.2 Å². The van der Waals surface area contributed by atoms with Crippen molar-refractivity contribution in [3.63, 3.8) is 0 Å². The van der Waals surface area contributed by atoms with Crippen molar-refractivity contribution in [3.05, 3.63) is 29.3 Å². The Bertz CT molecular complexity index is 435. The van der Waals surface area contributed by atoms with Crippen LogP contribution in [-0.2, 0) is 6.54 Å². The van der Waals surface area contributed by atoms with Crippen molar-refractivity contribution >= 4 is 11.8 Å². The van der Waals surface area contributed by atoms with Gasteiger partial charge in [0.25, 0.3) is 0 Å². The number of hydrogen-bond acceptors (Lipinski definition) is 3. The fraction of sp³-hybridized carbons (Fsp3) is 0.562. The number of nitrogens with zero attached hydrogens (tertiary/aromatic N) is 1. The Labute approximate surface area is 121 Å². The van der Waals surface area contributed by atoms with Crippen molar-refractivity contribution in [1.82, 2.24) is 5.32 Å². The molecule has 0 aliphatic heterocycles. The van der Waals surface area contributed by atoms with Crippen molar-refractivity contribution in [2.45, 2.75) is 51.6 Å². The number of thioether (sulfide) groups is 1. The molecular formula is C16H24N2S. The minimum Gasteiger partial charge on any atom is -0.310 e. The van der Waals surface area contributed by atoms with Crippen LogP contribution in [-0.4, -0.2) is 11.8 Å². The summed E-state index contributed by atoms with van der Waals surface area (Å²) in [6.07, 6.45) is 1.19. The molecule has 3 heteroatoms. The van der Waals surface area contributed by atoms with E-state index in [1.54, 1.807) is 11.8 Å². The minimum atomic E-state index is 0.463. The van der Waals surface area contributed by atoms with Crippen molar-refractivity contribution < 1.29 is 0 Å². The molecule has 0 amide bonds. The van der Waals surface area contributed by atoms with Crippen LogP contribution in [0.25, 0.3) is 0 Å². The first-order valence-corrected chi connectivity index (χ1v) is 7.94. The molecule has 0 saturated carbocycles.